The predicted molar refractivity (Wildman–Crippen MR) is 90.6 cm³/mol. The maximum Gasteiger partial charge on any atom is 0.260 e. The molecule has 0 N–H and O–H groups in total. The Morgan fingerprint density at radius 3 is 2.30 bits per heavy atom. The molecule has 122 valence electrons. The van der Waals surface area contributed by atoms with Gasteiger partial charge in [-0.25, -0.2) is 0 Å². The topological polar surface area (TPSA) is 38.8 Å². The molecule has 0 aliphatic rings. The second-order valence-corrected chi connectivity index (χ2v) is 5.09. The van der Waals surface area contributed by atoms with E-state index in [4.69, 9.17) is 9.47 Å². The average molecular weight is 313 g/mol. The quantitative estimate of drug-likeness (QED) is 0.748. The minimum Gasteiger partial charge on any atom is -0.494 e. The Kier molecular flexibility index (Phi) is 6.48. The van der Waals surface area contributed by atoms with Crippen molar-refractivity contribution in [2.45, 2.75) is 20.4 Å². The van der Waals surface area contributed by atoms with Crippen LogP contribution >= 0.6 is 0 Å². The van der Waals surface area contributed by atoms with Gasteiger partial charge in [-0.3, -0.25) is 4.79 Å². The van der Waals surface area contributed by atoms with Crippen molar-refractivity contribution in [3.05, 3.63) is 60.2 Å². The van der Waals surface area contributed by atoms with E-state index in [-0.39, 0.29) is 12.5 Å². The first-order valence-electron chi connectivity index (χ1n) is 7.90. The summed E-state index contributed by atoms with van der Waals surface area (Å²) in [6.07, 6.45) is 0. The molecule has 2 aromatic rings. The van der Waals surface area contributed by atoms with Crippen LogP contribution in [0.1, 0.15) is 19.4 Å². The second-order valence-electron chi connectivity index (χ2n) is 5.09. The third-order valence-electron chi connectivity index (χ3n) is 3.43. The Hall–Kier alpha value is -2.49. The first-order valence-corrected chi connectivity index (χ1v) is 7.90. The molecule has 0 aliphatic carbocycles. The van der Waals surface area contributed by atoms with Crippen molar-refractivity contribution in [2.75, 3.05) is 19.8 Å². The van der Waals surface area contributed by atoms with E-state index in [0.29, 0.717) is 25.4 Å². The lowest BCUT2D eigenvalue weighted by Gasteiger charge is -2.21. The smallest absolute Gasteiger partial charge is 0.260 e. The SMILES string of the molecule is CCOc1cccc(OCC(=O)N(CC)Cc2ccccc2)c1. The van der Waals surface area contributed by atoms with Gasteiger partial charge in [0, 0.05) is 19.2 Å². The summed E-state index contributed by atoms with van der Waals surface area (Å²) in [5, 5.41) is 0. The molecule has 0 aliphatic heterocycles. The molecule has 0 spiro atoms. The number of carbonyl (C=O) groups excluding carboxylic acids is 1. The van der Waals surface area contributed by atoms with Gasteiger partial charge in [0.2, 0.25) is 0 Å². The van der Waals surface area contributed by atoms with E-state index >= 15 is 0 Å². The number of nitrogens with zero attached hydrogens (tertiary/aromatic N) is 1. The minimum absolute atomic E-state index is 0.0241. The van der Waals surface area contributed by atoms with E-state index < -0.39 is 0 Å². The fraction of sp³-hybridized carbons (Fsp3) is 0.316. The molecule has 0 saturated heterocycles. The lowest BCUT2D eigenvalue weighted by Crippen LogP contribution is -2.34. The third kappa shape index (κ3) is 5.33. The van der Waals surface area contributed by atoms with Crippen LogP contribution in [-0.4, -0.2) is 30.6 Å². The Bertz CT molecular complexity index is 613. The maximum atomic E-state index is 12.3. The van der Waals surface area contributed by atoms with Gasteiger partial charge in [0.05, 0.1) is 6.61 Å². The molecule has 0 radical (unpaired) electrons. The van der Waals surface area contributed by atoms with Gasteiger partial charge in [-0.1, -0.05) is 36.4 Å². The van der Waals surface area contributed by atoms with E-state index in [0.717, 1.165) is 11.3 Å². The molecule has 1 amide bonds. The van der Waals surface area contributed by atoms with Crippen molar-refractivity contribution >= 4 is 5.91 Å². The van der Waals surface area contributed by atoms with Gasteiger partial charge in [-0.05, 0) is 31.5 Å². The minimum atomic E-state index is -0.0295. The standard InChI is InChI=1S/C19H23NO3/c1-3-20(14-16-9-6-5-7-10-16)19(21)15-23-18-12-8-11-17(13-18)22-4-2/h5-13H,3-4,14-15H2,1-2H3. The van der Waals surface area contributed by atoms with Crippen molar-refractivity contribution in [3.63, 3.8) is 0 Å². The highest BCUT2D eigenvalue weighted by Crippen LogP contribution is 2.19. The molecule has 0 heterocycles. The number of benzene rings is 2. The lowest BCUT2D eigenvalue weighted by molar-refractivity contribution is -0.133. The number of ether oxygens (including phenoxy) is 2. The Balaban J connectivity index is 1.90. The van der Waals surface area contributed by atoms with Crippen LogP contribution in [0.5, 0.6) is 11.5 Å². The highest BCUT2D eigenvalue weighted by molar-refractivity contribution is 5.77. The summed E-state index contributed by atoms with van der Waals surface area (Å²) in [5.41, 5.74) is 1.11. The number of rotatable bonds is 8. The van der Waals surface area contributed by atoms with Crippen molar-refractivity contribution in [1.82, 2.24) is 4.90 Å². The molecule has 4 nitrogen and oxygen atoms in total. The predicted octanol–water partition coefficient (Wildman–Crippen LogP) is 3.51. The number of hydrogen-bond donors (Lipinski definition) is 0. The number of carbonyl (C=O) groups is 1. The second kappa shape index (κ2) is 8.83. The van der Waals surface area contributed by atoms with E-state index in [1.165, 1.54) is 0 Å². The molecular weight excluding hydrogens is 290 g/mol. The molecule has 23 heavy (non-hydrogen) atoms. The average Bonchev–Trinajstić information content (AvgIpc) is 2.59. The number of amides is 1. The van der Waals surface area contributed by atoms with E-state index in [9.17, 15) is 4.79 Å². The molecule has 0 bridgehead atoms. The van der Waals surface area contributed by atoms with Gasteiger partial charge >= 0.3 is 0 Å². The molecule has 2 aromatic carbocycles. The van der Waals surface area contributed by atoms with Crippen LogP contribution in [-0.2, 0) is 11.3 Å². The highest BCUT2D eigenvalue weighted by Gasteiger charge is 2.13. The van der Waals surface area contributed by atoms with Crippen LogP contribution in [0.4, 0.5) is 0 Å². The molecule has 0 unspecified atom stereocenters. The molecule has 0 aromatic heterocycles. The fourth-order valence-corrected chi connectivity index (χ4v) is 2.24. The summed E-state index contributed by atoms with van der Waals surface area (Å²) < 4.78 is 11.0. The first-order chi connectivity index (χ1) is 11.2. The molecule has 4 heteroatoms. The van der Waals surface area contributed by atoms with Crippen molar-refractivity contribution in [2.24, 2.45) is 0 Å². The van der Waals surface area contributed by atoms with Gasteiger partial charge in [-0.2, -0.15) is 0 Å². The van der Waals surface area contributed by atoms with E-state index in [2.05, 4.69) is 0 Å². The third-order valence-corrected chi connectivity index (χ3v) is 3.43. The summed E-state index contributed by atoms with van der Waals surface area (Å²) in [4.78, 5) is 14.1. The number of hydrogen-bond acceptors (Lipinski definition) is 3. The van der Waals surface area contributed by atoms with Crippen LogP contribution < -0.4 is 9.47 Å². The van der Waals surface area contributed by atoms with Crippen LogP contribution in [0.3, 0.4) is 0 Å². The largest absolute Gasteiger partial charge is 0.494 e. The van der Waals surface area contributed by atoms with E-state index in [1.807, 2.05) is 62.4 Å². The lowest BCUT2D eigenvalue weighted by atomic mass is 10.2. The summed E-state index contributed by atoms with van der Waals surface area (Å²) in [6, 6.07) is 17.3. The van der Waals surface area contributed by atoms with E-state index in [1.54, 1.807) is 11.0 Å². The van der Waals surface area contributed by atoms with Crippen LogP contribution in [0.2, 0.25) is 0 Å². The zero-order valence-corrected chi connectivity index (χ0v) is 13.7. The molecular formula is C19H23NO3. The summed E-state index contributed by atoms with van der Waals surface area (Å²) in [5.74, 6) is 1.35. The maximum absolute atomic E-state index is 12.3. The molecule has 0 atom stereocenters. The highest BCUT2D eigenvalue weighted by atomic mass is 16.5. The zero-order chi connectivity index (χ0) is 16.5. The zero-order valence-electron chi connectivity index (χ0n) is 13.7. The molecule has 2 rings (SSSR count). The number of likely N-dealkylation sites (N-methyl/N-ethyl adjacent to an activating group) is 1. The fourth-order valence-electron chi connectivity index (χ4n) is 2.24. The Morgan fingerprint density at radius 2 is 1.65 bits per heavy atom. The van der Waals surface area contributed by atoms with Crippen molar-refractivity contribution in [1.29, 1.82) is 0 Å². The van der Waals surface area contributed by atoms with Gasteiger partial charge in [0.15, 0.2) is 6.61 Å². The first kappa shape index (κ1) is 16.9. The summed E-state index contributed by atoms with van der Waals surface area (Å²) >= 11 is 0. The molecule has 0 saturated carbocycles. The van der Waals surface area contributed by atoms with Gasteiger partial charge in [0.25, 0.3) is 5.91 Å². The van der Waals surface area contributed by atoms with Gasteiger partial charge in [-0.15, -0.1) is 0 Å². The molecule has 0 fully saturated rings. The van der Waals surface area contributed by atoms with Gasteiger partial charge in [0.1, 0.15) is 11.5 Å². The summed E-state index contributed by atoms with van der Waals surface area (Å²) in [7, 11) is 0. The Morgan fingerprint density at radius 1 is 0.957 bits per heavy atom. The van der Waals surface area contributed by atoms with Crippen molar-refractivity contribution in [3.8, 4) is 11.5 Å². The van der Waals surface area contributed by atoms with Crippen molar-refractivity contribution < 1.29 is 14.3 Å². The van der Waals surface area contributed by atoms with Crippen LogP contribution in [0.25, 0.3) is 0 Å². The Labute approximate surface area is 137 Å². The normalized spacial score (nSPS) is 10.2. The van der Waals surface area contributed by atoms with Crippen LogP contribution in [0.15, 0.2) is 54.6 Å². The monoisotopic (exact) mass is 313 g/mol. The summed E-state index contributed by atoms with van der Waals surface area (Å²) in [6.45, 7) is 5.77. The van der Waals surface area contributed by atoms with Crippen LogP contribution in [0, 0.1) is 0 Å². The van der Waals surface area contributed by atoms with Gasteiger partial charge < -0.3 is 14.4 Å².